The van der Waals surface area contributed by atoms with E-state index in [1.807, 2.05) is 0 Å². The van der Waals surface area contributed by atoms with Crippen LogP contribution in [0.4, 0.5) is 0 Å². The zero-order valence-electron chi connectivity index (χ0n) is 14.8. The van der Waals surface area contributed by atoms with Gasteiger partial charge in [-0.1, -0.05) is 31.6 Å². The number of methoxy groups -OCH3 is 1. The molecule has 0 atom stereocenters. The molecule has 1 saturated carbocycles. The Morgan fingerprint density at radius 3 is 2.75 bits per heavy atom. The highest BCUT2D eigenvalue weighted by molar-refractivity contribution is 5.79. The van der Waals surface area contributed by atoms with Crippen LogP contribution >= 0.6 is 0 Å². The Kier molecular flexibility index (Phi) is 7.16. The van der Waals surface area contributed by atoms with Crippen molar-refractivity contribution in [3.05, 3.63) is 35.9 Å². The monoisotopic (exact) mass is 331 g/mol. The lowest BCUT2D eigenvalue weighted by Gasteiger charge is -2.27. The van der Waals surface area contributed by atoms with Crippen molar-refractivity contribution in [2.24, 2.45) is 5.92 Å². The minimum atomic E-state index is 0.0349. The highest BCUT2D eigenvalue weighted by Gasteiger charge is 2.21. The van der Waals surface area contributed by atoms with E-state index in [0.717, 1.165) is 37.7 Å². The fourth-order valence-electron chi connectivity index (χ4n) is 3.21. The van der Waals surface area contributed by atoms with E-state index in [0.29, 0.717) is 18.1 Å². The Hall–Kier alpha value is -1.97. The van der Waals surface area contributed by atoms with Crippen molar-refractivity contribution >= 4 is 5.91 Å². The third kappa shape index (κ3) is 5.59. The molecule has 24 heavy (non-hydrogen) atoms. The summed E-state index contributed by atoms with van der Waals surface area (Å²) >= 11 is 0. The van der Waals surface area contributed by atoms with Gasteiger partial charge in [0.15, 0.2) is 11.5 Å². The first-order valence-corrected chi connectivity index (χ1v) is 8.94. The Morgan fingerprint density at radius 2 is 2.08 bits per heavy atom. The average Bonchev–Trinajstić information content (AvgIpc) is 2.58. The van der Waals surface area contributed by atoms with E-state index in [1.54, 1.807) is 18.2 Å². The third-order valence-corrected chi connectivity index (χ3v) is 4.61. The van der Waals surface area contributed by atoms with Gasteiger partial charge in [-0.15, -0.1) is 0 Å². The summed E-state index contributed by atoms with van der Waals surface area (Å²) in [5.74, 6) is 1.20. The summed E-state index contributed by atoms with van der Waals surface area (Å²) in [6.07, 6.45) is 11.7. The zero-order chi connectivity index (χ0) is 17.4. The van der Waals surface area contributed by atoms with Crippen molar-refractivity contribution in [2.45, 2.75) is 57.9 Å². The molecular weight excluding hydrogens is 302 g/mol. The quantitative estimate of drug-likeness (QED) is 0.743. The van der Waals surface area contributed by atoms with Gasteiger partial charge >= 0.3 is 0 Å². The molecule has 1 amide bonds. The number of carbonyl (C=O) groups excluding carboxylic acids is 1. The number of carbonyl (C=O) groups is 1. The zero-order valence-corrected chi connectivity index (χ0v) is 14.8. The number of hydrogen-bond acceptors (Lipinski definition) is 3. The van der Waals surface area contributed by atoms with Crippen molar-refractivity contribution < 1.29 is 14.6 Å². The lowest BCUT2D eigenvalue weighted by molar-refractivity contribution is -0.121. The maximum atomic E-state index is 12.2. The largest absolute Gasteiger partial charge is 0.504 e. The SMILES string of the molecule is CCC/C=C/[C@H]1CC[C@H](NC(=O)Cc2ccc(O)c(OC)c2)CC1. The normalized spacial score (nSPS) is 20.9. The van der Waals surface area contributed by atoms with E-state index in [-0.39, 0.29) is 17.7 Å². The molecule has 4 nitrogen and oxygen atoms in total. The number of phenolic OH excluding ortho intramolecular Hbond substituents is 1. The molecule has 132 valence electrons. The van der Waals surface area contributed by atoms with Crippen LogP contribution in [0.2, 0.25) is 0 Å². The topological polar surface area (TPSA) is 58.6 Å². The van der Waals surface area contributed by atoms with Gasteiger partial charge in [0, 0.05) is 6.04 Å². The molecule has 0 saturated heterocycles. The van der Waals surface area contributed by atoms with Gasteiger partial charge in [0.1, 0.15) is 0 Å². The molecule has 1 aliphatic rings. The van der Waals surface area contributed by atoms with Crippen molar-refractivity contribution in [3.8, 4) is 11.5 Å². The fourth-order valence-corrected chi connectivity index (χ4v) is 3.21. The maximum absolute atomic E-state index is 12.2. The smallest absolute Gasteiger partial charge is 0.224 e. The Balaban J connectivity index is 1.77. The molecule has 0 aliphatic heterocycles. The van der Waals surface area contributed by atoms with Crippen LogP contribution < -0.4 is 10.1 Å². The third-order valence-electron chi connectivity index (χ3n) is 4.61. The van der Waals surface area contributed by atoms with Gasteiger partial charge in [-0.25, -0.2) is 0 Å². The molecule has 0 aromatic heterocycles. The summed E-state index contributed by atoms with van der Waals surface area (Å²) in [7, 11) is 1.51. The first-order chi connectivity index (χ1) is 11.6. The second kappa shape index (κ2) is 9.36. The summed E-state index contributed by atoms with van der Waals surface area (Å²) in [6, 6.07) is 5.32. The van der Waals surface area contributed by atoms with Crippen LogP contribution in [-0.2, 0) is 11.2 Å². The number of benzene rings is 1. The van der Waals surface area contributed by atoms with Crippen LogP contribution in [0, 0.1) is 5.92 Å². The van der Waals surface area contributed by atoms with E-state index in [9.17, 15) is 9.90 Å². The van der Waals surface area contributed by atoms with E-state index in [2.05, 4.69) is 24.4 Å². The minimum Gasteiger partial charge on any atom is -0.504 e. The molecule has 1 aromatic carbocycles. The molecule has 1 aliphatic carbocycles. The van der Waals surface area contributed by atoms with Crippen LogP contribution in [-0.4, -0.2) is 24.2 Å². The number of amides is 1. The molecule has 4 heteroatoms. The number of hydrogen-bond donors (Lipinski definition) is 2. The molecule has 2 N–H and O–H groups in total. The van der Waals surface area contributed by atoms with Gasteiger partial charge in [0.2, 0.25) is 5.91 Å². The average molecular weight is 331 g/mol. The second-order valence-electron chi connectivity index (χ2n) is 6.58. The van der Waals surface area contributed by atoms with E-state index in [4.69, 9.17) is 4.74 Å². The minimum absolute atomic E-state index is 0.0349. The maximum Gasteiger partial charge on any atom is 0.224 e. The molecule has 0 spiro atoms. The Morgan fingerprint density at radius 1 is 1.33 bits per heavy atom. The molecule has 0 radical (unpaired) electrons. The number of nitrogens with one attached hydrogen (secondary N) is 1. The molecular formula is C20H29NO3. The summed E-state index contributed by atoms with van der Waals surface area (Å²) in [6.45, 7) is 2.19. The van der Waals surface area contributed by atoms with Crippen LogP contribution in [0.1, 0.15) is 51.0 Å². The molecule has 1 fully saturated rings. The summed E-state index contributed by atoms with van der Waals surface area (Å²) in [4.78, 5) is 12.2. The number of allylic oxidation sites excluding steroid dienone is 2. The van der Waals surface area contributed by atoms with Crippen molar-refractivity contribution in [1.29, 1.82) is 0 Å². The van der Waals surface area contributed by atoms with Crippen LogP contribution in [0.3, 0.4) is 0 Å². The van der Waals surface area contributed by atoms with Crippen molar-refractivity contribution in [3.63, 3.8) is 0 Å². The van der Waals surface area contributed by atoms with Gasteiger partial charge in [0.05, 0.1) is 13.5 Å². The fraction of sp³-hybridized carbons (Fsp3) is 0.550. The summed E-state index contributed by atoms with van der Waals surface area (Å²) in [5.41, 5.74) is 0.846. The van der Waals surface area contributed by atoms with E-state index >= 15 is 0 Å². The number of phenols is 1. The lowest BCUT2D eigenvalue weighted by Crippen LogP contribution is -2.38. The molecule has 1 aromatic rings. The predicted molar refractivity (Wildman–Crippen MR) is 96.3 cm³/mol. The van der Waals surface area contributed by atoms with Crippen molar-refractivity contribution in [1.82, 2.24) is 5.32 Å². The van der Waals surface area contributed by atoms with Gasteiger partial charge < -0.3 is 15.2 Å². The summed E-state index contributed by atoms with van der Waals surface area (Å²) < 4.78 is 5.08. The summed E-state index contributed by atoms with van der Waals surface area (Å²) in [5, 5.41) is 12.7. The first-order valence-electron chi connectivity index (χ1n) is 8.94. The molecule has 0 heterocycles. The number of unbranched alkanes of at least 4 members (excludes halogenated alkanes) is 1. The second-order valence-corrected chi connectivity index (χ2v) is 6.58. The Labute approximate surface area is 144 Å². The van der Waals surface area contributed by atoms with E-state index in [1.165, 1.54) is 13.5 Å². The van der Waals surface area contributed by atoms with Crippen LogP contribution in [0.5, 0.6) is 11.5 Å². The highest BCUT2D eigenvalue weighted by Crippen LogP contribution is 2.27. The van der Waals surface area contributed by atoms with Gasteiger partial charge in [-0.2, -0.15) is 0 Å². The van der Waals surface area contributed by atoms with Crippen LogP contribution in [0.15, 0.2) is 30.4 Å². The van der Waals surface area contributed by atoms with Crippen LogP contribution in [0.25, 0.3) is 0 Å². The lowest BCUT2D eigenvalue weighted by atomic mass is 9.85. The standard InChI is InChI=1S/C20H29NO3/c1-3-4-5-6-15-7-10-17(11-8-15)21-20(23)14-16-9-12-18(22)19(13-16)24-2/h5-6,9,12-13,15,17,22H,3-4,7-8,10-11,14H2,1-2H3,(H,21,23)/b6-5+/t15-,17-. The number of aromatic hydroxyl groups is 1. The van der Waals surface area contributed by atoms with Gasteiger partial charge in [-0.3, -0.25) is 4.79 Å². The first kappa shape index (κ1) is 18.4. The number of rotatable bonds is 7. The van der Waals surface area contributed by atoms with E-state index < -0.39 is 0 Å². The predicted octanol–water partition coefficient (Wildman–Crippen LogP) is 3.97. The van der Waals surface area contributed by atoms with Crippen molar-refractivity contribution in [2.75, 3.05) is 7.11 Å². The molecule has 0 bridgehead atoms. The molecule has 2 rings (SSSR count). The highest BCUT2D eigenvalue weighted by atomic mass is 16.5. The van der Waals surface area contributed by atoms with Gasteiger partial charge in [-0.05, 0) is 55.7 Å². The Bertz CT molecular complexity index is 560. The number of ether oxygens (including phenoxy) is 1. The van der Waals surface area contributed by atoms with Gasteiger partial charge in [0.25, 0.3) is 0 Å². The molecule has 0 unspecified atom stereocenters.